The summed E-state index contributed by atoms with van der Waals surface area (Å²) in [5.74, 6) is 2.41. The van der Waals surface area contributed by atoms with E-state index in [0.29, 0.717) is 0 Å². The molecule has 0 unspecified atom stereocenters. The van der Waals surface area contributed by atoms with E-state index in [-0.39, 0.29) is 0 Å². The number of hydrogen-bond acceptors (Lipinski definition) is 1. The molecule has 2 aromatic carbocycles. The lowest BCUT2D eigenvalue weighted by Crippen LogP contribution is -2.09. The first-order valence-corrected chi connectivity index (χ1v) is 8.29. The van der Waals surface area contributed by atoms with Crippen molar-refractivity contribution in [2.45, 2.75) is 18.7 Å². The Bertz CT molecular complexity index is 743. The number of thioether (sulfide) groups is 1. The maximum Gasteiger partial charge on any atom is 0.0488 e. The van der Waals surface area contributed by atoms with Crippen molar-refractivity contribution in [1.82, 2.24) is 4.57 Å². The molecule has 1 nitrogen and oxygen atoms in total. The van der Waals surface area contributed by atoms with E-state index in [0.717, 1.165) is 12.3 Å². The fourth-order valence-corrected chi connectivity index (χ4v) is 4.17. The first-order chi connectivity index (χ1) is 9.93. The highest BCUT2D eigenvalue weighted by Gasteiger charge is 2.19. The third-order valence-electron chi connectivity index (χ3n) is 4.11. The average Bonchev–Trinajstić information content (AvgIpc) is 2.84. The molecule has 0 fully saturated rings. The van der Waals surface area contributed by atoms with E-state index in [4.69, 9.17) is 0 Å². The molecule has 0 saturated heterocycles. The quantitative estimate of drug-likeness (QED) is 0.669. The van der Waals surface area contributed by atoms with Crippen molar-refractivity contribution < 1.29 is 0 Å². The summed E-state index contributed by atoms with van der Waals surface area (Å²) in [4.78, 5) is 0. The van der Waals surface area contributed by atoms with Gasteiger partial charge in [-0.2, -0.15) is 11.8 Å². The molecule has 0 spiro atoms. The predicted octanol–water partition coefficient (Wildman–Crippen LogP) is 4.48. The number of nitrogens with zero attached hydrogens (tertiary/aromatic N) is 1. The van der Waals surface area contributed by atoms with Crippen molar-refractivity contribution in [2.24, 2.45) is 0 Å². The van der Waals surface area contributed by atoms with Crippen LogP contribution >= 0.6 is 11.8 Å². The number of aromatic nitrogens is 1. The first-order valence-electron chi connectivity index (χ1n) is 7.14. The predicted molar refractivity (Wildman–Crippen MR) is 87.3 cm³/mol. The topological polar surface area (TPSA) is 4.93 Å². The Morgan fingerprint density at radius 3 is 2.65 bits per heavy atom. The largest absolute Gasteiger partial charge is 0.340 e. The van der Waals surface area contributed by atoms with Crippen LogP contribution in [0.15, 0.2) is 54.6 Å². The Morgan fingerprint density at radius 2 is 1.75 bits per heavy atom. The number of benzene rings is 2. The van der Waals surface area contributed by atoms with Gasteiger partial charge in [0.2, 0.25) is 0 Å². The van der Waals surface area contributed by atoms with Gasteiger partial charge in [-0.15, -0.1) is 0 Å². The van der Waals surface area contributed by atoms with Crippen LogP contribution < -0.4 is 0 Å². The van der Waals surface area contributed by atoms with Crippen LogP contribution in [0.4, 0.5) is 0 Å². The van der Waals surface area contributed by atoms with Crippen LogP contribution in [0.5, 0.6) is 0 Å². The Kier molecular flexibility index (Phi) is 3.04. The molecule has 4 rings (SSSR count). The molecule has 1 aromatic heterocycles. The fraction of sp³-hybridized carbons (Fsp3) is 0.222. The molecule has 0 atom stereocenters. The maximum atomic E-state index is 2.53. The minimum absolute atomic E-state index is 0.987. The van der Waals surface area contributed by atoms with Crippen molar-refractivity contribution in [3.63, 3.8) is 0 Å². The number of hydrogen-bond donors (Lipinski definition) is 0. The third kappa shape index (κ3) is 1.95. The van der Waals surface area contributed by atoms with Crippen molar-refractivity contribution in [3.05, 3.63) is 71.4 Å². The maximum absolute atomic E-state index is 2.53. The highest BCUT2D eigenvalue weighted by Crippen LogP contribution is 2.34. The van der Waals surface area contributed by atoms with E-state index in [1.165, 1.54) is 28.6 Å². The van der Waals surface area contributed by atoms with Gasteiger partial charge in [0.25, 0.3) is 0 Å². The Labute approximate surface area is 123 Å². The van der Waals surface area contributed by atoms with Gasteiger partial charge >= 0.3 is 0 Å². The Hall–Kier alpha value is -1.67. The van der Waals surface area contributed by atoms with Gasteiger partial charge in [0, 0.05) is 28.9 Å². The zero-order chi connectivity index (χ0) is 13.4. The molecule has 20 heavy (non-hydrogen) atoms. The zero-order valence-electron chi connectivity index (χ0n) is 11.4. The smallest absolute Gasteiger partial charge is 0.0488 e. The lowest BCUT2D eigenvalue weighted by molar-refractivity contribution is 0.769. The second kappa shape index (κ2) is 5.02. The molecule has 3 aromatic rings. The molecular formula is C18H17NS. The summed E-state index contributed by atoms with van der Waals surface area (Å²) in [6.07, 6.45) is 1.20. The molecule has 0 radical (unpaired) electrons. The van der Waals surface area contributed by atoms with Crippen molar-refractivity contribution in [2.75, 3.05) is 5.75 Å². The summed E-state index contributed by atoms with van der Waals surface area (Å²) in [7, 11) is 0. The Balaban J connectivity index is 1.89. The molecule has 2 heterocycles. The third-order valence-corrected chi connectivity index (χ3v) is 5.09. The summed E-state index contributed by atoms with van der Waals surface area (Å²) in [5, 5.41) is 1.45. The van der Waals surface area contributed by atoms with E-state index in [9.17, 15) is 0 Å². The molecule has 0 saturated carbocycles. The minimum atomic E-state index is 0.987. The Morgan fingerprint density at radius 1 is 0.950 bits per heavy atom. The van der Waals surface area contributed by atoms with Crippen LogP contribution in [0, 0.1) is 0 Å². The number of fused-ring (bicyclic) bond motifs is 3. The summed E-state index contributed by atoms with van der Waals surface area (Å²) in [5.41, 5.74) is 5.89. The minimum Gasteiger partial charge on any atom is -0.340 e. The normalized spacial score (nSPS) is 14.4. The summed E-state index contributed by atoms with van der Waals surface area (Å²) in [6, 6.07) is 19.6. The van der Waals surface area contributed by atoms with Gasteiger partial charge in [-0.05, 0) is 29.4 Å². The van der Waals surface area contributed by atoms with Crippen LogP contribution in [0.1, 0.15) is 16.8 Å². The molecule has 2 heteroatoms. The molecule has 1 aliphatic rings. The van der Waals surface area contributed by atoms with E-state index in [2.05, 4.69) is 70.9 Å². The van der Waals surface area contributed by atoms with Crippen LogP contribution in [0.25, 0.3) is 10.9 Å². The molecule has 100 valence electrons. The molecule has 0 aliphatic carbocycles. The highest BCUT2D eigenvalue weighted by atomic mass is 32.2. The second-order valence-corrected chi connectivity index (χ2v) is 6.42. The number of para-hydroxylation sites is 1. The van der Waals surface area contributed by atoms with Crippen molar-refractivity contribution >= 4 is 22.7 Å². The van der Waals surface area contributed by atoms with Gasteiger partial charge < -0.3 is 4.57 Å². The van der Waals surface area contributed by atoms with E-state index in [1.54, 1.807) is 11.3 Å². The lowest BCUT2D eigenvalue weighted by Gasteiger charge is -2.16. The molecule has 0 amide bonds. The molecule has 0 bridgehead atoms. The van der Waals surface area contributed by atoms with Gasteiger partial charge in [-0.1, -0.05) is 48.5 Å². The molecule has 0 N–H and O–H groups in total. The summed E-state index contributed by atoms with van der Waals surface area (Å²) >= 11 is 2.06. The van der Waals surface area contributed by atoms with E-state index in [1.807, 2.05) is 0 Å². The van der Waals surface area contributed by atoms with Crippen molar-refractivity contribution in [1.29, 1.82) is 0 Å². The van der Waals surface area contributed by atoms with Gasteiger partial charge in [-0.25, -0.2) is 0 Å². The SMILES string of the molecule is c1ccc(Cn2c3c(c4ccccc42)CSCC3)cc1. The summed E-state index contributed by atoms with van der Waals surface area (Å²) in [6.45, 7) is 0.987. The van der Waals surface area contributed by atoms with Crippen molar-refractivity contribution in [3.8, 4) is 0 Å². The number of rotatable bonds is 2. The second-order valence-electron chi connectivity index (χ2n) is 5.32. The molecule has 1 aliphatic heterocycles. The summed E-state index contributed by atoms with van der Waals surface area (Å²) < 4.78 is 2.53. The van der Waals surface area contributed by atoms with Gasteiger partial charge in [-0.3, -0.25) is 0 Å². The van der Waals surface area contributed by atoms with Crippen LogP contribution in [0.3, 0.4) is 0 Å². The fourth-order valence-electron chi connectivity index (χ4n) is 3.16. The van der Waals surface area contributed by atoms with E-state index < -0.39 is 0 Å². The monoisotopic (exact) mass is 279 g/mol. The highest BCUT2D eigenvalue weighted by molar-refractivity contribution is 7.98. The van der Waals surface area contributed by atoms with Gasteiger partial charge in [0.05, 0.1) is 0 Å². The van der Waals surface area contributed by atoms with Crippen LogP contribution in [0.2, 0.25) is 0 Å². The first kappa shape index (κ1) is 12.1. The lowest BCUT2D eigenvalue weighted by atomic mass is 10.1. The van der Waals surface area contributed by atoms with Gasteiger partial charge in [0.1, 0.15) is 0 Å². The standard InChI is InChI=1S/C18H17NS/c1-2-6-14(7-3-1)12-19-17-9-5-4-8-15(17)16-13-20-11-10-18(16)19/h1-9H,10-13H2. The van der Waals surface area contributed by atoms with E-state index >= 15 is 0 Å². The van der Waals surface area contributed by atoms with Crippen LogP contribution in [-0.2, 0) is 18.7 Å². The zero-order valence-corrected chi connectivity index (χ0v) is 12.2. The molecular weight excluding hydrogens is 262 g/mol. The van der Waals surface area contributed by atoms with Gasteiger partial charge in [0.15, 0.2) is 0 Å². The average molecular weight is 279 g/mol. The van der Waals surface area contributed by atoms with Crippen LogP contribution in [-0.4, -0.2) is 10.3 Å².